The Bertz CT molecular complexity index is 8570. The molecule has 0 atom stereocenters. The van der Waals surface area contributed by atoms with E-state index in [1.807, 2.05) is 91.0 Å². The summed E-state index contributed by atoms with van der Waals surface area (Å²) in [6, 6.07) is 65.6. The number of hydrogen-bond acceptors (Lipinski definition) is 5. The van der Waals surface area contributed by atoms with Gasteiger partial charge in [0, 0.05) is 113 Å². The molecule has 15 heteroatoms. The Labute approximate surface area is 810 Å². The predicted octanol–water partition coefficient (Wildman–Crippen LogP) is 32.1. The van der Waals surface area contributed by atoms with Gasteiger partial charge in [-0.15, -0.1) is 0 Å². The van der Waals surface area contributed by atoms with Gasteiger partial charge in [-0.2, -0.15) is 0 Å². The number of aryl methyl sites for hydroxylation is 13. The first-order valence-electron chi connectivity index (χ1n) is 47.2. The van der Waals surface area contributed by atoms with Crippen LogP contribution in [-0.2, 0) is 58.9 Å². The molecule has 0 spiro atoms. The van der Waals surface area contributed by atoms with Gasteiger partial charge in [-0.25, -0.2) is 47.1 Å². The van der Waals surface area contributed by atoms with Crippen molar-refractivity contribution in [3.8, 4) is 56.3 Å². The van der Waals surface area contributed by atoms with E-state index in [0.29, 0.717) is 40.3 Å². The summed E-state index contributed by atoms with van der Waals surface area (Å²) in [5.41, 5.74) is 39.5. The molecular weight excluding hydrogens is 1700 g/mol. The first-order chi connectivity index (χ1) is 65.5. The van der Waals surface area contributed by atoms with Crippen LogP contribution in [-0.4, -0.2) is 0 Å². The van der Waals surface area contributed by atoms with Crippen LogP contribution in [0.2, 0.25) is 0 Å². The fourth-order valence-corrected chi connectivity index (χ4v) is 19.7. The number of rotatable bonds is 9. The number of aromatic nitrogens is 5. The first-order valence-corrected chi connectivity index (χ1v) is 47.2. The van der Waals surface area contributed by atoms with Crippen LogP contribution in [0.15, 0.2) is 247 Å². The summed E-state index contributed by atoms with van der Waals surface area (Å²) >= 11 is 0. The minimum Gasteiger partial charge on any atom is -0.456 e. The maximum Gasteiger partial charge on any atom is 0.216 e. The number of fused-ring (bicyclic) bond motifs is 15. The zero-order valence-corrected chi connectivity index (χ0v) is 84.4. The van der Waals surface area contributed by atoms with Crippen molar-refractivity contribution in [3.63, 3.8) is 0 Å². The third-order valence-electron chi connectivity index (χ3n) is 26.7. The molecule has 10 aromatic heterocycles. The Morgan fingerprint density at radius 2 is 0.580 bits per heavy atom. The van der Waals surface area contributed by atoms with Gasteiger partial charge >= 0.3 is 0 Å². The van der Waals surface area contributed by atoms with Gasteiger partial charge in [0.25, 0.3) is 0 Å². The zero-order chi connectivity index (χ0) is 98.9. The van der Waals surface area contributed by atoms with Gasteiger partial charge in [0.1, 0.15) is 91.1 Å². The topological polar surface area (TPSA) is 107 Å². The van der Waals surface area contributed by atoms with Crippen molar-refractivity contribution in [2.24, 2.45) is 46.6 Å². The number of benzene rings is 10. The Hall–Kier alpha value is -15.6. The third kappa shape index (κ3) is 18.6. The Kier molecular flexibility index (Phi) is 26.0. The van der Waals surface area contributed by atoms with E-state index in [9.17, 15) is 0 Å². The molecule has 0 saturated heterocycles. The molecule has 0 saturated carbocycles. The van der Waals surface area contributed by atoms with Crippen molar-refractivity contribution in [2.75, 3.05) is 0 Å². The van der Waals surface area contributed by atoms with Crippen molar-refractivity contribution in [2.45, 2.75) is 175 Å². The van der Waals surface area contributed by atoms with E-state index in [1.54, 1.807) is 0 Å². The van der Waals surface area contributed by atoms with Crippen LogP contribution in [0.25, 0.3) is 190 Å². The molecule has 0 aliphatic heterocycles. The highest BCUT2D eigenvalue weighted by Crippen LogP contribution is 2.47. The second-order valence-electron chi connectivity index (χ2n) is 41.3. The van der Waals surface area contributed by atoms with E-state index in [1.165, 1.54) is 72.3 Å². The van der Waals surface area contributed by atoms with Crippen LogP contribution in [0.1, 0.15) is 168 Å². The molecule has 0 unspecified atom stereocenters. The molecule has 0 N–H and O–H groups in total. The molecule has 15 nitrogen and oxygen atoms in total. The van der Waals surface area contributed by atoms with E-state index in [2.05, 4.69) is 362 Å². The van der Waals surface area contributed by atoms with Gasteiger partial charge in [0.15, 0.2) is 59.4 Å². The summed E-state index contributed by atoms with van der Waals surface area (Å²) < 4.78 is 42.4. The first kappa shape index (κ1) is 95.6. The van der Waals surface area contributed by atoms with Crippen LogP contribution in [0, 0.1) is 99.6 Å². The predicted molar refractivity (Wildman–Crippen MR) is 564 cm³/mol. The van der Waals surface area contributed by atoms with Crippen LogP contribution < -0.4 is 22.8 Å². The van der Waals surface area contributed by atoms with Gasteiger partial charge in [-0.3, -0.25) is 0 Å². The van der Waals surface area contributed by atoms with E-state index in [4.69, 9.17) is 54.9 Å². The Morgan fingerprint density at radius 3 is 0.884 bits per heavy atom. The molecule has 10 heterocycles. The zero-order valence-electron chi connectivity index (χ0n) is 84.4. The van der Waals surface area contributed by atoms with E-state index < -0.39 is 0 Å². The summed E-state index contributed by atoms with van der Waals surface area (Å²) in [4.78, 5) is 17.7. The quantitative estimate of drug-likeness (QED) is 0.106. The monoisotopic (exact) mass is 1820 g/mol. The molecule has 688 valence electrons. The fourth-order valence-electron chi connectivity index (χ4n) is 19.7. The molecular formula is C123H121N10O5+5. The average Bonchev–Trinajstić information content (AvgIpc) is 1.58. The lowest BCUT2D eigenvalue weighted by Crippen LogP contribution is -2.33. The average molecular weight is 1820 g/mol. The molecule has 0 amide bonds. The third-order valence-corrected chi connectivity index (χ3v) is 26.7. The van der Waals surface area contributed by atoms with E-state index in [0.717, 1.165) is 179 Å². The van der Waals surface area contributed by atoms with Crippen LogP contribution in [0.5, 0.6) is 0 Å². The lowest BCUT2D eigenvalue weighted by molar-refractivity contribution is -0.660. The summed E-state index contributed by atoms with van der Waals surface area (Å²) in [5.74, 6) is 1.07. The molecule has 0 aliphatic rings. The summed E-state index contributed by atoms with van der Waals surface area (Å²) in [6.07, 6.45) is 12.9. The lowest BCUT2D eigenvalue weighted by Gasteiger charge is -2.21. The molecule has 138 heavy (non-hydrogen) atoms. The summed E-state index contributed by atoms with van der Waals surface area (Å²) in [7, 11) is 10.4. The molecule has 0 fully saturated rings. The van der Waals surface area contributed by atoms with Crippen LogP contribution >= 0.6 is 0 Å². The highest BCUT2D eigenvalue weighted by atomic mass is 16.3. The molecule has 20 aromatic rings. The van der Waals surface area contributed by atoms with Crippen LogP contribution in [0.4, 0.5) is 28.4 Å². The number of furan rings is 5. The molecule has 0 bridgehead atoms. The number of pyridine rings is 5. The van der Waals surface area contributed by atoms with Crippen molar-refractivity contribution >= 4 is 138 Å². The van der Waals surface area contributed by atoms with Gasteiger partial charge < -0.3 is 22.1 Å². The van der Waals surface area contributed by atoms with E-state index >= 15 is 0 Å². The van der Waals surface area contributed by atoms with E-state index in [-0.39, 0.29) is 16.2 Å². The highest BCUT2D eigenvalue weighted by Gasteiger charge is 2.32. The summed E-state index contributed by atoms with van der Waals surface area (Å²) in [6.45, 7) is 82.7. The minimum atomic E-state index is 0.0628. The van der Waals surface area contributed by atoms with Crippen molar-refractivity contribution < 1.29 is 44.9 Å². The largest absolute Gasteiger partial charge is 0.456 e. The highest BCUT2D eigenvalue weighted by molar-refractivity contribution is 6.15. The van der Waals surface area contributed by atoms with Gasteiger partial charge in [0.05, 0.1) is 60.7 Å². The normalized spacial score (nSPS) is 11.7. The fraction of sp³-hybridized carbons (Fsp3) is 0.268. The second-order valence-corrected chi connectivity index (χ2v) is 41.3. The Morgan fingerprint density at radius 1 is 0.290 bits per heavy atom. The maximum absolute atomic E-state index is 7.27. The maximum atomic E-state index is 7.27. The molecule has 10 aromatic carbocycles. The van der Waals surface area contributed by atoms with Crippen molar-refractivity contribution in [1.82, 2.24) is 0 Å². The number of nitrogens with zero attached hydrogens (tertiary/aromatic N) is 10. The van der Waals surface area contributed by atoms with Gasteiger partial charge in [-0.05, 0) is 182 Å². The molecule has 0 radical (unpaired) electrons. The SMILES string of the molecule is [C-]#[N+]c1ccc2c(c1)oc1c(-c3cc(C(C)(C)C)c(C)c[n+]3C)c(C)ccc12.[C-]#[N+]c1ccc2c(c1)oc1c(-c3cc(C(C)(C)C)cc[n+]3C)c(C)ccc12.[C-]#[N+]c1ccc2c(c1)oc1c(-c3cc(C(C)C)c(C)c[n+]3C)c(C)ccc12.[C-]#[N+]c1ccc2c(c1)oc1c(-c3cc(CC(C)(C)C)cc[n+]3C)c(C)ccc12.[C-]#[N+]c1ccc2c(c1)oc1c(-c3cc(CC(C)C)c(C)c[n+]3C)c(C)ccc12. The van der Waals surface area contributed by atoms with Crippen LogP contribution in [0.3, 0.4) is 0 Å². The smallest absolute Gasteiger partial charge is 0.216 e. The minimum absolute atomic E-state index is 0.0628. The van der Waals surface area contributed by atoms with Gasteiger partial charge in [0.2, 0.25) is 28.5 Å². The van der Waals surface area contributed by atoms with Crippen molar-refractivity contribution in [3.05, 3.63) is 355 Å². The summed E-state index contributed by atoms with van der Waals surface area (Å²) in [5, 5.41) is 10.7. The Balaban J connectivity index is 0.000000125. The van der Waals surface area contributed by atoms with Gasteiger partial charge in [-0.1, -0.05) is 211 Å². The lowest BCUT2D eigenvalue weighted by atomic mass is 9.83. The second kappa shape index (κ2) is 37.6. The molecule has 20 rings (SSSR count). The number of hydrogen-bond donors (Lipinski definition) is 0. The molecule has 0 aliphatic carbocycles. The standard InChI is InChI=1S/3C25H25N2O.2C24H23N2O/c1-15-8-10-19-18-11-9-17(26-6)12-22(18)28-24(19)23(15)21-13-20(25(3,4)5)16(2)14-27(21)7;1-15(2)11-18-12-22(27(6)14-17(18)4)24-16(3)7-9-21-20-10-8-19(26-5)13-23(20)28-25(21)24;1-16-7-9-20-19-10-8-18(26-5)14-22(19)28-24(20)23(16)21-13-17(11-12-27(21)6)15-25(2,3)4;1-14(2)20-12-21(26(6)13-16(20)4)23-15(3)7-9-19-18-10-8-17(25-5)11-22(18)27-24(19)23;1-15-7-9-19-18-10-8-17(25-5)14-21(18)27-23(19)22(15)20-13-16(24(2,3)4)11-12-26(20)6/h8-14H,1-5,7H3;7-10,12-15H,11H2,1-4,6H3;7-14H,15H2,1-4,6H3;2*7-14H,1-4,6H3/q5*+1. The van der Waals surface area contributed by atoms with Crippen molar-refractivity contribution in [1.29, 1.82) is 0 Å².